The number of nitro groups is 1. The summed E-state index contributed by atoms with van der Waals surface area (Å²) in [6.45, 7) is -0.303. The van der Waals surface area contributed by atoms with Crippen molar-refractivity contribution in [3.05, 3.63) is 71.0 Å². The summed E-state index contributed by atoms with van der Waals surface area (Å²) in [6, 6.07) is 15.7. The molecule has 0 radical (unpaired) electrons. The van der Waals surface area contributed by atoms with Crippen LogP contribution >= 0.6 is 11.3 Å². The van der Waals surface area contributed by atoms with Crippen LogP contribution in [0.15, 0.2) is 60.9 Å². The molecule has 2 aromatic heterocycles. The molecule has 9 nitrogen and oxygen atoms in total. The van der Waals surface area contributed by atoms with Gasteiger partial charge in [0.25, 0.3) is 11.6 Å². The van der Waals surface area contributed by atoms with Crippen molar-refractivity contribution in [1.29, 1.82) is 0 Å². The fourth-order valence-corrected chi connectivity index (χ4v) is 3.91. The Hall–Kier alpha value is -4.05. The van der Waals surface area contributed by atoms with Gasteiger partial charge in [-0.05, 0) is 17.7 Å². The van der Waals surface area contributed by atoms with Crippen molar-refractivity contribution in [2.24, 2.45) is 0 Å². The first-order valence-corrected chi connectivity index (χ1v) is 9.92. The van der Waals surface area contributed by atoms with Crippen molar-refractivity contribution in [3.63, 3.8) is 0 Å². The van der Waals surface area contributed by atoms with Gasteiger partial charge in [0, 0.05) is 10.9 Å². The first kappa shape index (κ1) is 20.2. The monoisotopic (exact) mass is 436 g/mol. The van der Waals surface area contributed by atoms with E-state index in [-0.39, 0.29) is 18.0 Å². The lowest BCUT2D eigenvalue weighted by molar-refractivity contribution is -0.384. The number of carbonyl (C=O) groups excluding carboxylic acids is 1. The summed E-state index contributed by atoms with van der Waals surface area (Å²) in [4.78, 5) is 32.9. The zero-order valence-corrected chi connectivity index (χ0v) is 17.1. The summed E-state index contributed by atoms with van der Waals surface area (Å²) in [5, 5.41) is 14.2. The average molecular weight is 436 g/mol. The third-order valence-electron chi connectivity index (χ3n) is 4.36. The van der Waals surface area contributed by atoms with E-state index in [1.807, 2.05) is 36.4 Å². The molecule has 0 bridgehead atoms. The van der Waals surface area contributed by atoms with Crippen LogP contribution in [0.1, 0.15) is 0 Å². The molecule has 0 atom stereocenters. The second kappa shape index (κ2) is 8.76. The fourth-order valence-electron chi connectivity index (χ4n) is 2.91. The smallest absolute Gasteiger partial charge is 0.273 e. The molecule has 1 amide bonds. The van der Waals surface area contributed by atoms with Gasteiger partial charge in [-0.2, -0.15) is 0 Å². The number of fused-ring (bicyclic) bond motifs is 1. The summed E-state index contributed by atoms with van der Waals surface area (Å²) in [5.74, 6) is 0.0176. The van der Waals surface area contributed by atoms with Crippen LogP contribution in [0.2, 0.25) is 0 Å². The number of thiophene rings is 1. The number of anilines is 1. The minimum Gasteiger partial charge on any atom is -0.494 e. The largest absolute Gasteiger partial charge is 0.494 e. The number of ether oxygens (including phenoxy) is 2. The molecule has 156 valence electrons. The van der Waals surface area contributed by atoms with Gasteiger partial charge in [0.1, 0.15) is 16.9 Å². The number of benzene rings is 2. The number of nitro benzene ring substituents is 1. The Morgan fingerprint density at radius 1 is 1.16 bits per heavy atom. The first-order valence-electron chi connectivity index (χ1n) is 9.10. The van der Waals surface area contributed by atoms with E-state index in [4.69, 9.17) is 9.47 Å². The number of aromatic nitrogens is 2. The van der Waals surface area contributed by atoms with E-state index in [1.54, 1.807) is 0 Å². The van der Waals surface area contributed by atoms with Gasteiger partial charge in [-0.25, -0.2) is 9.97 Å². The van der Waals surface area contributed by atoms with E-state index >= 15 is 0 Å². The molecule has 0 unspecified atom stereocenters. The minimum absolute atomic E-state index is 0.138. The molecule has 1 N–H and O–H groups in total. The normalized spacial score (nSPS) is 10.6. The molecule has 0 saturated heterocycles. The Bertz CT molecular complexity index is 1260. The van der Waals surface area contributed by atoms with Gasteiger partial charge in [0.15, 0.2) is 6.61 Å². The second-order valence-corrected chi connectivity index (χ2v) is 7.38. The molecule has 0 aliphatic heterocycles. The average Bonchev–Trinajstić information content (AvgIpc) is 3.23. The van der Waals surface area contributed by atoms with E-state index < -0.39 is 10.8 Å². The van der Waals surface area contributed by atoms with Gasteiger partial charge >= 0.3 is 0 Å². The topological polar surface area (TPSA) is 116 Å². The van der Waals surface area contributed by atoms with E-state index in [1.165, 1.54) is 43.0 Å². The van der Waals surface area contributed by atoms with Crippen LogP contribution in [0.3, 0.4) is 0 Å². The third-order valence-corrected chi connectivity index (χ3v) is 5.45. The SMILES string of the molecule is COc1cc([N+](=O)[O-])ccc1NC(=O)COc1ncnc2sc(-c3ccccc3)cc12. The first-order chi connectivity index (χ1) is 15.0. The van der Waals surface area contributed by atoms with Crippen molar-refractivity contribution in [1.82, 2.24) is 9.97 Å². The molecule has 0 fully saturated rings. The lowest BCUT2D eigenvalue weighted by atomic mass is 10.2. The number of methoxy groups -OCH3 is 1. The molecule has 4 rings (SSSR count). The summed E-state index contributed by atoms with van der Waals surface area (Å²) in [7, 11) is 1.36. The van der Waals surface area contributed by atoms with Crippen molar-refractivity contribution in [2.45, 2.75) is 0 Å². The van der Waals surface area contributed by atoms with E-state index in [9.17, 15) is 14.9 Å². The van der Waals surface area contributed by atoms with Crippen molar-refractivity contribution >= 4 is 38.8 Å². The highest BCUT2D eigenvalue weighted by molar-refractivity contribution is 7.21. The number of rotatable bonds is 7. The third kappa shape index (κ3) is 4.43. The number of nitrogens with one attached hydrogen (secondary N) is 1. The van der Waals surface area contributed by atoms with Crippen LogP contribution in [0, 0.1) is 10.1 Å². The molecule has 0 aliphatic carbocycles. The Labute approximate surface area is 180 Å². The molecule has 2 aromatic carbocycles. The van der Waals surface area contributed by atoms with Crippen LogP contribution in [0.5, 0.6) is 11.6 Å². The Morgan fingerprint density at radius 3 is 2.71 bits per heavy atom. The summed E-state index contributed by atoms with van der Waals surface area (Å²) < 4.78 is 10.8. The molecule has 4 aromatic rings. The van der Waals surface area contributed by atoms with Crippen molar-refractivity contribution in [3.8, 4) is 22.1 Å². The molecule has 31 heavy (non-hydrogen) atoms. The summed E-state index contributed by atoms with van der Waals surface area (Å²) in [6.07, 6.45) is 1.39. The Balaban J connectivity index is 1.49. The van der Waals surface area contributed by atoms with Gasteiger partial charge in [-0.15, -0.1) is 11.3 Å². The number of hydrogen-bond donors (Lipinski definition) is 1. The Morgan fingerprint density at radius 2 is 1.97 bits per heavy atom. The molecule has 0 saturated carbocycles. The summed E-state index contributed by atoms with van der Waals surface area (Å²) >= 11 is 1.51. The lowest BCUT2D eigenvalue weighted by Crippen LogP contribution is -2.21. The van der Waals surface area contributed by atoms with Crippen LogP contribution < -0.4 is 14.8 Å². The number of carbonyl (C=O) groups is 1. The Kier molecular flexibility index (Phi) is 5.72. The molecule has 0 aliphatic rings. The van der Waals surface area contributed by atoms with E-state index in [0.29, 0.717) is 17.0 Å². The number of amides is 1. The highest BCUT2D eigenvalue weighted by Gasteiger charge is 2.15. The van der Waals surface area contributed by atoms with Crippen LogP contribution in [-0.4, -0.2) is 34.5 Å². The minimum atomic E-state index is -0.540. The number of non-ortho nitro benzene ring substituents is 1. The molecule has 2 heterocycles. The quantitative estimate of drug-likeness (QED) is 0.339. The van der Waals surface area contributed by atoms with Crippen LogP contribution in [-0.2, 0) is 4.79 Å². The number of nitrogens with zero attached hydrogens (tertiary/aromatic N) is 3. The van der Waals surface area contributed by atoms with Gasteiger partial charge in [-0.1, -0.05) is 30.3 Å². The van der Waals surface area contributed by atoms with E-state index in [0.717, 1.165) is 15.3 Å². The van der Waals surface area contributed by atoms with Crippen LogP contribution in [0.4, 0.5) is 11.4 Å². The number of hydrogen-bond acceptors (Lipinski definition) is 8. The fraction of sp³-hybridized carbons (Fsp3) is 0.0952. The summed E-state index contributed by atoms with van der Waals surface area (Å²) in [5.41, 5.74) is 1.22. The van der Waals surface area contributed by atoms with Gasteiger partial charge < -0.3 is 14.8 Å². The second-order valence-electron chi connectivity index (χ2n) is 6.35. The maximum absolute atomic E-state index is 12.4. The van der Waals surface area contributed by atoms with Crippen molar-refractivity contribution < 1.29 is 19.2 Å². The predicted molar refractivity (Wildman–Crippen MR) is 117 cm³/mol. The van der Waals surface area contributed by atoms with Crippen molar-refractivity contribution in [2.75, 3.05) is 19.0 Å². The molecular formula is C21H16N4O5S. The van der Waals surface area contributed by atoms with Crippen LogP contribution in [0.25, 0.3) is 20.7 Å². The highest BCUT2D eigenvalue weighted by atomic mass is 32.1. The molecular weight excluding hydrogens is 420 g/mol. The van der Waals surface area contributed by atoms with Gasteiger partial charge in [-0.3, -0.25) is 14.9 Å². The zero-order chi connectivity index (χ0) is 21.8. The van der Waals surface area contributed by atoms with E-state index in [2.05, 4.69) is 15.3 Å². The maximum Gasteiger partial charge on any atom is 0.273 e. The van der Waals surface area contributed by atoms with Gasteiger partial charge in [0.2, 0.25) is 5.88 Å². The predicted octanol–water partition coefficient (Wildman–Crippen LogP) is 4.29. The zero-order valence-electron chi connectivity index (χ0n) is 16.3. The maximum atomic E-state index is 12.4. The standard InChI is InChI=1S/C21H16N4O5S/c1-29-17-9-14(25(27)28)7-8-16(17)24-19(26)11-30-20-15-10-18(13-5-3-2-4-6-13)31-21(15)23-12-22-20/h2-10,12H,11H2,1H3,(H,24,26). The lowest BCUT2D eigenvalue weighted by Gasteiger charge is -2.10. The molecule has 10 heteroatoms. The van der Waals surface area contributed by atoms with Gasteiger partial charge in [0.05, 0.1) is 29.2 Å². The highest BCUT2D eigenvalue weighted by Crippen LogP contribution is 2.35. The molecule has 0 spiro atoms.